The molecule has 2 N–H and O–H groups in total. The third-order valence-electron chi connectivity index (χ3n) is 4.27. The molecule has 0 unspecified atom stereocenters. The van der Waals surface area contributed by atoms with Gasteiger partial charge in [-0.25, -0.2) is 9.97 Å². The maximum absolute atomic E-state index is 4.54. The number of hydrogen-bond acceptors (Lipinski definition) is 5. The van der Waals surface area contributed by atoms with Crippen molar-refractivity contribution in [1.29, 1.82) is 0 Å². The Kier molecular flexibility index (Phi) is 5.40. The van der Waals surface area contributed by atoms with Crippen molar-refractivity contribution in [3.8, 4) is 0 Å². The van der Waals surface area contributed by atoms with E-state index in [1.807, 2.05) is 25.1 Å². The Labute approximate surface area is 138 Å². The highest BCUT2D eigenvalue weighted by molar-refractivity contribution is 5.48. The lowest BCUT2D eigenvalue weighted by Crippen LogP contribution is -2.19. The maximum Gasteiger partial charge on any atom is 0.132 e. The first-order valence-corrected chi connectivity index (χ1v) is 8.54. The van der Waals surface area contributed by atoms with Gasteiger partial charge in [0.15, 0.2) is 0 Å². The van der Waals surface area contributed by atoms with Crippen LogP contribution in [-0.4, -0.2) is 21.0 Å². The van der Waals surface area contributed by atoms with E-state index >= 15 is 0 Å². The Bertz CT molecular complexity index is 606. The second-order valence-electron chi connectivity index (χ2n) is 6.23. The molecular formula is C18H25N5. The van der Waals surface area contributed by atoms with Gasteiger partial charge in [-0.3, -0.25) is 4.98 Å². The van der Waals surface area contributed by atoms with Gasteiger partial charge in [0, 0.05) is 31.0 Å². The minimum absolute atomic E-state index is 0.542. The highest BCUT2D eigenvalue weighted by Gasteiger charge is 2.13. The number of nitrogens with zero attached hydrogens (tertiary/aromatic N) is 3. The van der Waals surface area contributed by atoms with Crippen LogP contribution in [0.3, 0.4) is 0 Å². The van der Waals surface area contributed by atoms with Gasteiger partial charge in [-0.15, -0.1) is 0 Å². The molecule has 1 saturated carbocycles. The van der Waals surface area contributed by atoms with Crippen molar-refractivity contribution in [1.82, 2.24) is 15.0 Å². The number of hydrogen-bond donors (Lipinski definition) is 2. The van der Waals surface area contributed by atoms with Crippen LogP contribution in [0.1, 0.15) is 49.9 Å². The average Bonchev–Trinajstić information content (AvgIpc) is 2.82. The number of nitrogens with one attached hydrogen (secondary N) is 2. The van der Waals surface area contributed by atoms with Crippen LogP contribution in [0.25, 0.3) is 0 Å². The second kappa shape index (κ2) is 7.90. The summed E-state index contributed by atoms with van der Waals surface area (Å²) in [5.41, 5.74) is 1.19. The second-order valence-corrected chi connectivity index (χ2v) is 6.23. The van der Waals surface area contributed by atoms with Crippen molar-refractivity contribution in [3.05, 3.63) is 42.0 Å². The van der Waals surface area contributed by atoms with E-state index in [9.17, 15) is 0 Å². The molecule has 1 aliphatic carbocycles. The molecule has 1 aliphatic rings. The lowest BCUT2D eigenvalue weighted by molar-refractivity contribution is 0.617. The van der Waals surface area contributed by atoms with Crippen LogP contribution in [0, 0.1) is 6.92 Å². The van der Waals surface area contributed by atoms with Crippen LogP contribution in [0.15, 0.2) is 30.6 Å². The third kappa shape index (κ3) is 4.91. The van der Waals surface area contributed by atoms with Gasteiger partial charge in [0.2, 0.25) is 0 Å². The molecule has 0 amide bonds. The van der Waals surface area contributed by atoms with E-state index in [0.29, 0.717) is 6.04 Å². The molecule has 0 aromatic carbocycles. The summed E-state index contributed by atoms with van der Waals surface area (Å²) < 4.78 is 0. The molecular weight excluding hydrogens is 286 g/mol. The van der Waals surface area contributed by atoms with Crippen molar-refractivity contribution in [2.45, 2.75) is 58.0 Å². The van der Waals surface area contributed by atoms with E-state index in [-0.39, 0.29) is 0 Å². The number of anilines is 2. The fourth-order valence-electron chi connectivity index (χ4n) is 3.06. The van der Waals surface area contributed by atoms with E-state index in [1.54, 1.807) is 12.4 Å². The summed E-state index contributed by atoms with van der Waals surface area (Å²) in [6, 6.07) is 6.57. The summed E-state index contributed by atoms with van der Waals surface area (Å²) in [6.45, 7) is 2.68. The molecule has 5 heteroatoms. The van der Waals surface area contributed by atoms with Crippen molar-refractivity contribution < 1.29 is 0 Å². The van der Waals surface area contributed by atoms with Crippen molar-refractivity contribution in [2.24, 2.45) is 0 Å². The van der Waals surface area contributed by atoms with Gasteiger partial charge in [0.05, 0.1) is 0 Å². The molecule has 0 atom stereocenters. The average molecular weight is 311 g/mol. The monoisotopic (exact) mass is 311 g/mol. The van der Waals surface area contributed by atoms with Crippen molar-refractivity contribution in [3.63, 3.8) is 0 Å². The molecule has 5 nitrogen and oxygen atoms in total. The zero-order chi connectivity index (χ0) is 15.9. The van der Waals surface area contributed by atoms with Crippen molar-refractivity contribution >= 4 is 11.6 Å². The van der Waals surface area contributed by atoms with Crippen LogP contribution in [0.2, 0.25) is 0 Å². The molecule has 2 aromatic rings. The molecule has 122 valence electrons. The Morgan fingerprint density at radius 1 is 1.00 bits per heavy atom. The fourth-order valence-corrected chi connectivity index (χ4v) is 3.06. The molecule has 3 rings (SSSR count). The zero-order valence-electron chi connectivity index (χ0n) is 13.8. The Morgan fingerprint density at radius 2 is 1.70 bits per heavy atom. The summed E-state index contributed by atoms with van der Waals surface area (Å²) in [4.78, 5) is 13.1. The van der Waals surface area contributed by atoms with Gasteiger partial charge in [0.25, 0.3) is 0 Å². The molecule has 0 aliphatic heterocycles. The van der Waals surface area contributed by atoms with Crippen LogP contribution in [-0.2, 0) is 6.54 Å². The van der Waals surface area contributed by atoms with Gasteiger partial charge >= 0.3 is 0 Å². The number of aromatic nitrogens is 3. The minimum atomic E-state index is 0.542. The first-order chi connectivity index (χ1) is 11.3. The van der Waals surface area contributed by atoms with E-state index in [2.05, 4.69) is 25.6 Å². The topological polar surface area (TPSA) is 62.7 Å². The molecule has 2 aromatic heterocycles. The lowest BCUT2D eigenvalue weighted by atomic mass is 10.1. The minimum Gasteiger partial charge on any atom is -0.367 e. The lowest BCUT2D eigenvalue weighted by Gasteiger charge is -2.18. The fraction of sp³-hybridized carbons (Fsp3) is 0.500. The van der Waals surface area contributed by atoms with E-state index in [4.69, 9.17) is 0 Å². The highest BCUT2D eigenvalue weighted by atomic mass is 15.1. The summed E-state index contributed by atoms with van der Waals surface area (Å²) >= 11 is 0. The number of aryl methyl sites for hydroxylation is 1. The molecule has 0 radical (unpaired) electrons. The van der Waals surface area contributed by atoms with Crippen LogP contribution < -0.4 is 10.6 Å². The highest BCUT2D eigenvalue weighted by Crippen LogP contribution is 2.21. The summed E-state index contributed by atoms with van der Waals surface area (Å²) in [5.74, 6) is 2.59. The van der Waals surface area contributed by atoms with Gasteiger partial charge < -0.3 is 10.6 Å². The normalized spacial score (nSPS) is 15.9. The maximum atomic E-state index is 4.54. The summed E-state index contributed by atoms with van der Waals surface area (Å²) in [6.07, 6.45) is 11.4. The van der Waals surface area contributed by atoms with Gasteiger partial charge in [-0.2, -0.15) is 0 Å². The van der Waals surface area contributed by atoms with Crippen LogP contribution >= 0.6 is 0 Å². The van der Waals surface area contributed by atoms with Gasteiger partial charge in [0.1, 0.15) is 17.5 Å². The quantitative estimate of drug-likeness (QED) is 0.819. The predicted molar refractivity (Wildman–Crippen MR) is 93.4 cm³/mol. The Balaban J connectivity index is 1.63. The van der Waals surface area contributed by atoms with E-state index < -0.39 is 0 Å². The number of rotatable bonds is 5. The van der Waals surface area contributed by atoms with Crippen LogP contribution in [0.5, 0.6) is 0 Å². The summed E-state index contributed by atoms with van der Waals surface area (Å²) in [5, 5.41) is 6.97. The van der Waals surface area contributed by atoms with Gasteiger partial charge in [-0.1, -0.05) is 25.7 Å². The predicted octanol–water partition coefficient (Wildman–Crippen LogP) is 3.93. The molecule has 23 heavy (non-hydrogen) atoms. The zero-order valence-corrected chi connectivity index (χ0v) is 13.8. The summed E-state index contributed by atoms with van der Waals surface area (Å²) in [7, 11) is 0. The Morgan fingerprint density at radius 3 is 2.43 bits per heavy atom. The SMILES string of the molecule is Cc1nc(NCc2ccncc2)cc(NC2CCCCCC2)n1. The molecule has 2 heterocycles. The van der Waals surface area contributed by atoms with E-state index in [0.717, 1.165) is 24.0 Å². The molecule has 0 bridgehead atoms. The standard InChI is InChI=1S/C18H25N5/c1-14-21-17(20-13-15-8-10-19-11-9-15)12-18(22-14)23-16-6-4-2-3-5-7-16/h8-12,16H,2-7,13H2,1H3,(H2,20,21,22,23). The molecule has 1 fully saturated rings. The molecule has 0 spiro atoms. The largest absolute Gasteiger partial charge is 0.367 e. The van der Waals surface area contributed by atoms with Gasteiger partial charge in [-0.05, 0) is 37.5 Å². The van der Waals surface area contributed by atoms with Crippen molar-refractivity contribution in [2.75, 3.05) is 10.6 Å². The first-order valence-electron chi connectivity index (χ1n) is 8.54. The Hall–Kier alpha value is -2.17. The van der Waals surface area contributed by atoms with E-state index in [1.165, 1.54) is 44.1 Å². The molecule has 0 saturated heterocycles. The third-order valence-corrected chi connectivity index (χ3v) is 4.27. The number of pyridine rings is 1. The first kappa shape index (κ1) is 15.7. The smallest absolute Gasteiger partial charge is 0.132 e. The van der Waals surface area contributed by atoms with Crippen LogP contribution in [0.4, 0.5) is 11.6 Å².